The van der Waals surface area contributed by atoms with Crippen molar-refractivity contribution in [1.82, 2.24) is 10.2 Å². The summed E-state index contributed by atoms with van der Waals surface area (Å²) in [6.07, 6.45) is 2.07. The summed E-state index contributed by atoms with van der Waals surface area (Å²) in [5.41, 5.74) is 3.04. The van der Waals surface area contributed by atoms with Gasteiger partial charge in [0.2, 0.25) is 21.8 Å². The molecular formula is C36H41N3O5S. The maximum Gasteiger partial charge on any atom is 0.244 e. The lowest BCUT2D eigenvalue weighted by molar-refractivity contribution is -0.140. The van der Waals surface area contributed by atoms with E-state index in [4.69, 9.17) is 4.74 Å². The molecule has 0 aromatic heterocycles. The Kier molecular flexibility index (Phi) is 11.8. The Bertz CT molecular complexity index is 1620. The van der Waals surface area contributed by atoms with E-state index in [-0.39, 0.29) is 24.9 Å². The van der Waals surface area contributed by atoms with Crippen LogP contribution in [0.25, 0.3) is 0 Å². The molecule has 0 radical (unpaired) electrons. The van der Waals surface area contributed by atoms with E-state index in [1.54, 1.807) is 24.3 Å². The Morgan fingerprint density at radius 3 is 1.84 bits per heavy atom. The molecule has 1 N–H and O–H groups in total. The molecule has 0 heterocycles. The Hall–Kier alpha value is -4.63. The first-order valence-corrected chi connectivity index (χ1v) is 16.9. The number of nitrogens with one attached hydrogen (secondary N) is 1. The van der Waals surface area contributed by atoms with Crippen molar-refractivity contribution in [2.75, 3.05) is 17.1 Å². The Morgan fingerprint density at radius 1 is 0.778 bits per heavy atom. The number of rotatable bonds is 15. The molecule has 8 nitrogen and oxygen atoms in total. The van der Waals surface area contributed by atoms with Crippen molar-refractivity contribution < 1.29 is 22.7 Å². The molecule has 0 unspecified atom stereocenters. The van der Waals surface area contributed by atoms with Gasteiger partial charge in [0.15, 0.2) is 0 Å². The van der Waals surface area contributed by atoms with Gasteiger partial charge in [-0.3, -0.25) is 13.9 Å². The molecule has 2 amide bonds. The van der Waals surface area contributed by atoms with Crippen LogP contribution >= 0.6 is 0 Å². The highest BCUT2D eigenvalue weighted by Crippen LogP contribution is 2.24. The molecule has 0 fully saturated rings. The van der Waals surface area contributed by atoms with E-state index in [1.807, 2.05) is 105 Å². The zero-order chi connectivity index (χ0) is 32.2. The minimum absolute atomic E-state index is 0.0976. The molecule has 45 heavy (non-hydrogen) atoms. The molecule has 0 aliphatic rings. The summed E-state index contributed by atoms with van der Waals surface area (Å²) < 4.78 is 33.1. The molecule has 4 aromatic rings. The standard InChI is InChI=1S/C36H41N3O5S/c1-4-28(2)37-36(41)34(24-29-14-8-5-9-15-29)38(25-30-16-10-6-11-17-30)35(40)26-39(45(3,42)43)32-20-22-33(23-21-32)44-27-31-18-12-7-13-19-31/h5-23,28,34H,4,24-27H2,1-3H3,(H,37,41)/t28-,34-/m1/s1. The van der Waals surface area contributed by atoms with Crippen LogP contribution in [0.5, 0.6) is 5.75 Å². The number of hydrogen-bond acceptors (Lipinski definition) is 5. The fourth-order valence-electron chi connectivity index (χ4n) is 4.84. The summed E-state index contributed by atoms with van der Waals surface area (Å²) in [6, 6.07) is 34.2. The summed E-state index contributed by atoms with van der Waals surface area (Å²) in [5.74, 6) is -0.213. The first-order chi connectivity index (χ1) is 21.6. The van der Waals surface area contributed by atoms with Crippen molar-refractivity contribution in [2.24, 2.45) is 0 Å². The predicted octanol–water partition coefficient (Wildman–Crippen LogP) is 5.59. The van der Waals surface area contributed by atoms with E-state index in [1.165, 1.54) is 4.90 Å². The summed E-state index contributed by atoms with van der Waals surface area (Å²) in [6.45, 7) is 3.92. The Balaban J connectivity index is 1.63. The van der Waals surface area contributed by atoms with Crippen LogP contribution in [0.4, 0.5) is 5.69 Å². The number of ether oxygens (including phenoxy) is 1. The topological polar surface area (TPSA) is 96.0 Å². The third-order valence-corrected chi connectivity index (χ3v) is 8.66. The van der Waals surface area contributed by atoms with Crippen LogP contribution in [0.3, 0.4) is 0 Å². The SMILES string of the molecule is CC[C@@H](C)NC(=O)[C@@H](Cc1ccccc1)N(Cc1ccccc1)C(=O)CN(c1ccc(OCc2ccccc2)cc1)S(C)(=O)=O. The lowest BCUT2D eigenvalue weighted by Gasteiger charge is -2.34. The largest absolute Gasteiger partial charge is 0.489 e. The fraction of sp³-hybridized carbons (Fsp3) is 0.278. The first kappa shape index (κ1) is 33.3. The number of anilines is 1. The fourth-order valence-corrected chi connectivity index (χ4v) is 5.69. The maximum atomic E-state index is 14.2. The number of hydrogen-bond donors (Lipinski definition) is 1. The number of benzene rings is 4. The molecule has 2 atom stereocenters. The molecule has 9 heteroatoms. The second-order valence-electron chi connectivity index (χ2n) is 11.1. The summed E-state index contributed by atoms with van der Waals surface area (Å²) >= 11 is 0. The van der Waals surface area contributed by atoms with Crippen molar-refractivity contribution in [2.45, 2.75) is 51.9 Å². The van der Waals surface area contributed by atoms with Gasteiger partial charge in [0, 0.05) is 19.0 Å². The normalized spacial score (nSPS) is 12.5. The van der Waals surface area contributed by atoms with Gasteiger partial charge in [0.05, 0.1) is 11.9 Å². The first-order valence-electron chi connectivity index (χ1n) is 15.1. The zero-order valence-corrected chi connectivity index (χ0v) is 26.8. The van der Waals surface area contributed by atoms with Crippen LogP contribution in [0.1, 0.15) is 37.0 Å². The summed E-state index contributed by atoms with van der Waals surface area (Å²) in [7, 11) is -3.87. The molecule has 0 aliphatic carbocycles. The van der Waals surface area contributed by atoms with E-state index in [0.29, 0.717) is 18.0 Å². The average Bonchev–Trinajstić information content (AvgIpc) is 3.05. The second kappa shape index (κ2) is 15.9. The smallest absolute Gasteiger partial charge is 0.244 e. The quantitative estimate of drug-likeness (QED) is 0.186. The lowest BCUT2D eigenvalue weighted by Crippen LogP contribution is -2.54. The van der Waals surface area contributed by atoms with Crippen LogP contribution < -0.4 is 14.4 Å². The third kappa shape index (κ3) is 9.94. The van der Waals surface area contributed by atoms with Gasteiger partial charge >= 0.3 is 0 Å². The van der Waals surface area contributed by atoms with Gasteiger partial charge in [0.1, 0.15) is 24.9 Å². The van der Waals surface area contributed by atoms with Crippen molar-refractivity contribution in [3.8, 4) is 5.75 Å². The minimum Gasteiger partial charge on any atom is -0.489 e. The maximum absolute atomic E-state index is 14.2. The second-order valence-corrected chi connectivity index (χ2v) is 13.0. The summed E-state index contributed by atoms with van der Waals surface area (Å²) in [4.78, 5) is 29.5. The van der Waals surface area contributed by atoms with Crippen LogP contribution in [0.15, 0.2) is 115 Å². The molecule has 4 aromatic carbocycles. The molecule has 0 saturated heterocycles. The zero-order valence-electron chi connectivity index (χ0n) is 26.0. The van der Waals surface area contributed by atoms with Crippen LogP contribution in [0.2, 0.25) is 0 Å². The number of amides is 2. The van der Waals surface area contributed by atoms with Crippen molar-refractivity contribution in [1.29, 1.82) is 0 Å². The van der Waals surface area contributed by atoms with Gasteiger partial charge in [0.25, 0.3) is 0 Å². The molecule has 0 spiro atoms. The monoisotopic (exact) mass is 627 g/mol. The van der Waals surface area contributed by atoms with Gasteiger partial charge in [-0.2, -0.15) is 0 Å². The number of nitrogens with zero attached hydrogens (tertiary/aromatic N) is 2. The van der Waals surface area contributed by atoms with E-state index in [9.17, 15) is 18.0 Å². The van der Waals surface area contributed by atoms with Gasteiger partial charge < -0.3 is 15.0 Å². The number of carbonyl (C=O) groups excluding carboxylic acids is 2. The molecular weight excluding hydrogens is 586 g/mol. The highest BCUT2D eigenvalue weighted by molar-refractivity contribution is 7.92. The minimum atomic E-state index is -3.87. The van der Waals surface area contributed by atoms with E-state index in [2.05, 4.69) is 5.32 Å². The predicted molar refractivity (Wildman–Crippen MR) is 178 cm³/mol. The molecule has 0 aliphatic heterocycles. The Morgan fingerprint density at radius 2 is 1.31 bits per heavy atom. The van der Waals surface area contributed by atoms with Crippen molar-refractivity contribution in [3.05, 3.63) is 132 Å². The van der Waals surface area contributed by atoms with Crippen LogP contribution in [-0.2, 0) is 39.2 Å². The van der Waals surface area contributed by atoms with Crippen molar-refractivity contribution >= 4 is 27.5 Å². The van der Waals surface area contributed by atoms with E-state index >= 15 is 0 Å². The third-order valence-electron chi connectivity index (χ3n) is 7.52. The van der Waals surface area contributed by atoms with Crippen LogP contribution in [-0.4, -0.2) is 50.0 Å². The van der Waals surface area contributed by atoms with Gasteiger partial charge in [-0.25, -0.2) is 8.42 Å². The van der Waals surface area contributed by atoms with Crippen LogP contribution in [0, 0.1) is 0 Å². The Labute approximate surface area is 266 Å². The highest BCUT2D eigenvalue weighted by Gasteiger charge is 2.33. The lowest BCUT2D eigenvalue weighted by atomic mass is 10.0. The molecule has 0 saturated carbocycles. The van der Waals surface area contributed by atoms with Gasteiger partial charge in [-0.05, 0) is 54.3 Å². The highest BCUT2D eigenvalue weighted by atomic mass is 32.2. The number of sulfonamides is 1. The summed E-state index contributed by atoms with van der Waals surface area (Å²) in [5, 5.41) is 3.04. The van der Waals surface area contributed by atoms with Gasteiger partial charge in [-0.15, -0.1) is 0 Å². The molecule has 236 valence electrons. The number of carbonyl (C=O) groups is 2. The average molecular weight is 628 g/mol. The molecule has 0 bridgehead atoms. The van der Waals surface area contributed by atoms with Crippen molar-refractivity contribution in [3.63, 3.8) is 0 Å². The van der Waals surface area contributed by atoms with E-state index in [0.717, 1.165) is 33.7 Å². The molecule has 4 rings (SSSR count). The van der Waals surface area contributed by atoms with Gasteiger partial charge in [-0.1, -0.05) is 97.9 Å². The van der Waals surface area contributed by atoms with E-state index < -0.39 is 28.5 Å².